The van der Waals surface area contributed by atoms with Gasteiger partial charge < -0.3 is 14.6 Å². The van der Waals surface area contributed by atoms with Crippen LogP contribution in [0.2, 0.25) is 0 Å². The van der Waals surface area contributed by atoms with Crippen molar-refractivity contribution < 1.29 is 14.6 Å². The Kier molecular flexibility index (Phi) is 5.19. The summed E-state index contributed by atoms with van der Waals surface area (Å²) in [5, 5.41) is 17.8. The molecule has 0 bridgehead atoms. The highest BCUT2D eigenvalue weighted by molar-refractivity contribution is 5.42. The summed E-state index contributed by atoms with van der Waals surface area (Å²) in [6.07, 6.45) is 0.637. The van der Waals surface area contributed by atoms with Gasteiger partial charge in [0.15, 0.2) is 0 Å². The number of ether oxygens (including phenoxy) is 2. The van der Waals surface area contributed by atoms with Crippen molar-refractivity contribution in [2.24, 2.45) is 0 Å². The summed E-state index contributed by atoms with van der Waals surface area (Å²) in [4.78, 5) is 0. The lowest BCUT2D eigenvalue weighted by atomic mass is 10.1. The molecule has 0 saturated carbocycles. The van der Waals surface area contributed by atoms with Gasteiger partial charge in [-0.05, 0) is 42.3 Å². The lowest BCUT2D eigenvalue weighted by molar-refractivity contribution is 0.294. The second-order valence-corrected chi connectivity index (χ2v) is 4.54. The van der Waals surface area contributed by atoms with E-state index in [1.165, 1.54) is 0 Å². The summed E-state index contributed by atoms with van der Waals surface area (Å²) < 4.78 is 11.0. The number of benzene rings is 2. The Morgan fingerprint density at radius 1 is 1.14 bits per heavy atom. The molecule has 0 fully saturated rings. The molecule has 2 aromatic carbocycles. The van der Waals surface area contributed by atoms with Crippen LogP contribution in [0.3, 0.4) is 0 Å². The molecule has 0 aliphatic rings. The topological polar surface area (TPSA) is 62.5 Å². The summed E-state index contributed by atoms with van der Waals surface area (Å²) in [5.74, 6) is 1.44. The Morgan fingerprint density at radius 3 is 2.52 bits per heavy atom. The van der Waals surface area contributed by atoms with Gasteiger partial charge in [-0.15, -0.1) is 0 Å². The number of methoxy groups -OCH3 is 1. The molecule has 2 aromatic rings. The maximum absolute atomic E-state index is 8.94. The normalized spacial score (nSPS) is 9.95. The molecule has 108 valence electrons. The molecule has 0 saturated heterocycles. The lowest BCUT2D eigenvalue weighted by Crippen LogP contribution is -1.99. The van der Waals surface area contributed by atoms with E-state index in [2.05, 4.69) is 6.07 Å². The average molecular weight is 283 g/mol. The van der Waals surface area contributed by atoms with Gasteiger partial charge in [0.25, 0.3) is 0 Å². The molecule has 4 nitrogen and oxygen atoms in total. The van der Waals surface area contributed by atoms with Crippen LogP contribution >= 0.6 is 0 Å². The molecule has 0 radical (unpaired) electrons. The monoisotopic (exact) mass is 283 g/mol. The SMILES string of the molecule is COc1ccc(C#N)cc1COc1ccc(CCO)cc1. The largest absolute Gasteiger partial charge is 0.496 e. The van der Waals surface area contributed by atoms with Gasteiger partial charge in [-0.2, -0.15) is 5.26 Å². The molecule has 0 amide bonds. The van der Waals surface area contributed by atoms with Crippen molar-refractivity contribution >= 4 is 0 Å². The molecule has 0 atom stereocenters. The molecule has 0 aliphatic heterocycles. The minimum absolute atomic E-state index is 0.137. The molecule has 0 aromatic heterocycles. The van der Waals surface area contributed by atoms with Crippen molar-refractivity contribution in [2.45, 2.75) is 13.0 Å². The second kappa shape index (κ2) is 7.32. The molecular formula is C17H17NO3. The van der Waals surface area contributed by atoms with E-state index >= 15 is 0 Å². The summed E-state index contributed by atoms with van der Waals surface area (Å²) in [6, 6.07) is 14.9. The smallest absolute Gasteiger partial charge is 0.125 e. The summed E-state index contributed by atoms with van der Waals surface area (Å²) >= 11 is 0. The van der Waals surface area contributed by atoms with E-state index in [1.807, 2.05) is 24.3 Å². The van der Waals surface area contributed by atoms with E-state index in [0.717, 1.165) is 16.9 Å². The Balaban J connectivity index is 2.07. The van der Waals surface area contributed by atoms with Gasteiger partial charge >= 0.3 is 0 Å². The van der Waals surface area contributed by atoms with Crippen LogP contribution in [0.5, 0.6) is 11.5 Å². The van der Waals surface area contributed by atoms with Crippen molar-refractivity contribution in [2.75, 3.05) is 13.7 Å². The maximum atomic E-state index is 8.94. The third-order valence-corrected chi connectivity index (χ3v) is 3.13. The summed E-state index contributed by atoms with van der Waals surface area (Å²) in [7, 11) is 1.59. The number of nitrogens with zero attached hydrogens (tertiary/aromatic N) is 1. The maximum Gasteiger partial charge on any atom is 0.125 e. The zero-order valence-corrected chi connectivity index (χ0v) is 11.9. The third-order valence-electron chi connectivity index (χ3n) is 3.13. The zero-order chi connectivity index (χ0) is 15.1. The Morgan fingerprint density at radius 2 is 1.90 bits per heavy atom. The van der Waals surface area contributed by atoms with E-state index in [0.29, 0.717) is 24.3 Å². The van der Waals surface area contributed by atoms with Crippen LogP contribution < -0.4 is 9.47 Å². The van der Waals surface area contributed by atoms with Gasteiger partial charge in [0.1, 0.15) is 18.1 Å². The number of hydrogen-bond acceptors (Lipinski definition) is 4. The number of aliphatic hydroxyl groups excluding tert-OH is 1. The van der Waals surface area contributed by atoms with Crippen LogP contribution in [-0.2, 0) is 13.0 Å². The molecule has 0 aliphatic carbocycles. The van der Waals surface area contributed by atoms with Gasteiger partial charge in [0, 0.05) is 12.2 Å². The van der Waals surface area contributed by atoms with Crippen LogP contribution in [0, 0.1) is 11.3 Å². The quantitative estimate of drug-likeness (QED) is 0.885. The second-order valence-electron chi connectivity index (χ2n) is 4.54. The standard InChI is InChI=1S/C17H17NO3/c1-20-17-7-4-14(11-18)10-15(17)12-21-16-5-2-13(3-6-16)8-9-19/h2-7,10,19H,8-9,12H2,1H3. The predicted molar refractivity (Wildman–Crippen MR) is 79.3 cm³/mol. The molecule has 0 unspecified atom stereocenters. The van der Waals surface area contributed by atoms with Crippen LogP contribution in [-0.4, -0.2) is 18.8 Å². The highest BCUT2D eigenvalue weighted by Gasteiger charge is 2.05. The number of aliphatic hydroxyl groups is 1. The Labute approximate surface area is 124 Å². The van der Waals surface area contributed by atoms with Gasteiger partial charge in [-0.25, -0.2) is 0 Å². The van der Waals surface area contributed by atoms with Crippen LogP contribution in [0.25, 0.3) is 0 Å². The van der Waals surface area contributed by atoms with E-state index in [9.17, 15) is 0 Å². The number of hydrogen-bond donors (Lipinski definition) is 1. The van der Waals surface area contributed by atoms with Gasteiger partial charge in [-0.1, -0.05) is 12.1 Å². The molecule has 4 heteroatoms. The van der Waals surface area contributed by atoms with E-state index in [1.54, 1.807) is 25.3 Å². The van der Waals surface area contributed by atoms with Crippen molar-refractivity contribution in [3.05, 3.63) is 59.2 Å². The number of nitriles is 1. The molecule has 0 heterocycles. The molecule has 2 rings (SSSR count). The van der Waals surface area contributed by atoms with Gasteiger partial charge in [0.2, 0.25) is 0 Å². The Hall–Kier alpha value is -2.51. The third kappa shape index (κ3) is 3.98. The first-order valence-corrected chi connectivity index (χ1v) is 6.66. The Bertz CT molecular complexity index is 629. The fourth-order valence-electron chi connectivity index (χ4n) is 2.00. The van der Waals surface area contributed by atoms with Crippen molar-refractivity contribution in [3.8, 4) is 17.6 Å². The van der Waals surface area contributed by atoms with Gasteiger partial charge in [-0.3, -0.25) is 0 Å². The highest BCUT2D eigenvalue weighted by atomic mass is 16.5. The minimum atomic E-state index is 0.137. The number of rotatable bonds is 6. The highest BCUT2D eigenvalue weighted by Crippen LogP contribution is 2.22. The fourth-order valence-corrected chi connectivity index (χ4v) is 2.00. The zero-order valence-electron chi connectivity index (χ0n) is 11.9. The van der Waals surface area contributed by atoms with Crippen LogP contribution in [0.15, 0.2) is 42.5 Å². The predicted octanol–water partition coefficient (Wildman–Crippen LogP) is 2.68. The van der Waals surface area contributed by atoms with Crippen LogP contribution in [0.1, 0.15) is 16.7 Å². The minimum Gasteiger partial charge on any atom is -0.496 e. The van der Waals surface area contributed by atoms with Crippen molar-refractivity contribution in [3.63, 3.8) is 0 Å². The summed E-state index contributed by atoms with van der Waals surface area (Å²) in [5.41, 5.74) is 2.47. The fraction of sp³-hybridized carbons (Fsp3) is 0.235. The van der Waals surface area contributed by atoms with Crippen LogP contribution in [0.4, 0.5) is 0 Å². The first-order chi connectivity index (χ1) is 10.3. The average Bonchev–Trinajstić information content (AvgIpc) is 2.54. The first-order valence-electron chi connectivity index (χ1n) is 6.66. The lowest BCUT2D eigenvalue weighted by Gasteiger charge is -2.11. The summed E-state index contributed by atoms with van der Waals surface area (Å²) in [6.45, 7) is 0.469. The molecule has 1 N–H and O–H groups in total. The van der Waals surface area contributed by atoms with E-state index in [-0.39, 0.29) is 6.61 Å². The van der Waals surface area contributed by atoms with E-state index < -0.39 is 0 Å². The van der Waals surface area contributed by atoms with E-state index in [4.69, 9.17) is 19.8 Å². The molecular weight excluding hydrogens is 266 g/mol. The molecule has 0 spiro atoms. The van der Waals surface area contributed by atoms with Crippen molar-refractivity contribution in [1.29, 1.82) is 5.26 Å². The van der Waals surface area contributed by atoms with Crippen molar-refractivity contribution in [1.82, 2.24) is 0 Å². The first kappa shape index (κ1) is 14.9. The molecule has 21 heavy (non-hydrogen) atoms. The van der Waals surface area contributed by atoms with Gasteiger partial charge in [0.05, 0.1) is 18.7 Å².